The first kappa shape index (κ1) is 15.6. The SMILES string of the molecule is CN1C(=O)Cc2cc(NC(=O)Cc3ccc(Br)cc3O)ccc21. The van der Waals surface area contributed by atoms with Gasteiger partial charge in [-0.25, -0.2) is 0 Å². The van der Waals surface area contributed by atoms with E-state index in [2.05, 4.69) is 21.2 Å². The number of hydrogen-bond donors (Lipinski definition) is 2. The fourth-order valence-electron chi connectivity index (χ4n) is 2.61. The van der Waals surface area contributed by atoms with Gasteiger partial charge in [0.25, 0.3) is 0 Å². The van der Waals surface area contributed by atoms with E-state index in [-0.39, 0.29) is 24.0 Å². The van der Waals surface area contributed by atoms with Gasteiger partial charge in [0.2, 0.25) is 11.8 Å². The van der Waals surface area contributed by atoms with E-state index >= 15 is 0 Å². The van der Waals surface area contributed by atoms with Crippen LogP contribution in [0.25, 0.3) is 0 Å². The Morgan fingerprint density at radius 3 is 2.83 bits per heavy atom. The zero-order valence-electron chi connectivity index (χ0n) is 12.5. The maximum absolute atomic E-state index is 12.1. The predicted molar refractivity (Wildman–Crippen MR) is 91.7 cm³/mol. The van der Waals surface area contributed by atoms with Crippen LogP contribution in [0.5, 0.6) is 5.75 Å². The van der Waals surface area contributed by atoms with Crippen molar-refractivity contribution >= 4 is 39.1 Å². The van der Waals surface area contributed by atoms with Crippen LogP contribution in [0.3, 0.4) is 0 Å². The monoisotopic (exact) mass is 374 g/mol. The molecule has 2 N–H and O–H groups in total. The van der Waals surface area contributed by atoms with Crippen LogP contribution in [0.4, 0.5) is 11.4 Å². The number of anilines is 2. The number of likely N-dealkylation sites (N-methyl/N-ethyl adjacent to an activating group) is 1. The van der Waals surface area contributed by atoms with E-state index in [4.69, 9.17) is 0 Å². The minimum atomic E-state index is -0.222. The predicted octanol–water partition coefficient (Wildman–Crippen LogP) is 2.85. The Morgan fingerprint density at radius 2 is 2.09 bits per heavy atom. The fraction of sp³-hybridized carbons (Fsp3) is 0.176. The van der Waals surface area contributed by atoms with Gasteiger partial charge in [-0.15, -0.1) is 0 Å². The van der Waals surface area contributed by atoms with Crippen molar-refractivity contribution in [2.24, 2.45) is 0 Å². The molecule has 2 aromatic rings. The van der Waals surface area contributed by atoms with Gasteiger partial charge in [0, 0.05) is 28.5 Å². The van der Waals surface area contributed by atoms with Crippen molar-refractivity contribution in [3.8, 4) is 5.75 Å². The summed E-state index contributed by atoms with van der Waals surface area (Å²) in [6.45, 7) is 0. The summed E-state index contributed by atoms with van der Waals surface area (Å²) in [6, 6.07) is 10.4. The lowest BCUT2D eigenvalue weighted by molar-refractivity contribution is -0.117. The van der Waals surface area contributed by atoms with E-state index in [1.165, 1.54) is 0 Å². The van der Waals surface area contributed by atoms with Gasteiger partial charge in [0.05, 0.1) is 12.8 Å². The number of phenols is 1. The minimum absolute atomic E-state index is 0.0447. The number of hydrogen-bond acceptors (Lipinski definition) is 3. The van der Waals surface area contributed by atoms with Crippen LogP contribution in [-0.4, -0.2) is 24.0 Å². The number of halogens is 1. The lowest BCUT2D eigenvalue weighted by Gasteiger charge is -2.11. The van der Waals surface area contributed by atoms with Crippen molar-refractivity contribution < 1.29 is 14.7 Å². The molecule has 5 nitrogen and oxygen atoms in total. The van der Waals surface area contributed by atoms with Crippen LogP contribution in [0.2, 0.25) is 0 Å². The largest absolute Gasteiger partial charge is 0.508 e. The highest BCUT2D eigenvalue weighted by atomic mass is 79.9. The number of benzene rings is 2. The van der Waals surface area contributed by atoms with E-state index in [1.807, 2.05) is 12.1 Å². The average Bonchev–Trinajstić information content (AvgIpc) is 2.77. The first-order valence-corrected chi connectivity index (χ1v) is 7.90. The lowest BCUT2D eigenvalue weighted by Crippen LogP contribution is -2.20. The number of aromatic hydroxyl groups is 1. The molecule has 0 radical (unpaired) electrons. The summed E-state index contributed by atoms with van der Waals surface area (Å²) in [6.07, 6.45) is 0.429. The average molecular weight is 375 g/mol. The molecule has 0 saturated carbocycles. The number of nitrogens with zero attached hydrogens (tertiary/aromatic N) is 1. The molecular weight excluding hydrogens is 360 g/mol. The van der Waals surface area contributed by atoms with Crippen LogP contribution in [-0.2, 0) is 22.4 Å². The summed E-state index contributed by atoms with van der Waals surface area (Å²) in [4.78, 5) is 25.4. The van der Waals surface area contributed by atoms with E-state index in [0.717, 1.165) is 15.7 Å². The molecule has 0 saturated heterocycles. The number of carbonyl (C=O) groups is 2. The minimum Gasteiger partial charge on any atom is -0.508 e. The van der Waals surface area contributed by atoms with Crippen LogP contribution in [0.1, 0.15) is 11.1 Å². The first-order valence-electron chi connectivity index (χ1n) is 7.11. The molecule has 0 fully saturated rings. The third kappa shape index (κ3) is 3.22. The molecule has 0 aliphatic carbocycles. The molecule has 1 aliphatic rings. The second-order valence-electron chi connectivity index (χ2n) is 5.47. The van der Waals surface area contributed by atoms with Crippen molar-refractivity contribution in [3.05, 3.63) is 52.0 Å². The zero-order chi connectivity index (χ0) is 16.6. The van der Waals surface area contributed by atoms with Crippen LogP contribution >= 0.6 is 15.9 Å². The maximum Gasteiger partial charge on any atom is 0.231 e. The molecule has 1 heterocycles. The molecule has 0 atom stereocenters. The number of rotatable bonds is 3. The molecule has 3 rings (SSSR count). The first-order chi connectivity index (χ1) is 10.9. The topological polar surface area (TPSA) is 69.6 Å². The second-order valence-corrected chi connectivity index (χ2v) is 6.39. The Bertz CT molecular complexity index is 804. The van der Waals surface area contributed by atoms with Crippen molar-refractivity contribution in [1.82, 2.24) is 0 Å². The Kier molecular flexibility index (Phi) is 4.09. The molecule has 0 aromatic heterocycles. The van der Waals surface area contributed by atoms with Gasteiger partial charge in [-0.05, 0) is 35.9 Å². The molecule has 6 heteroatoms. The van der Waals surface area contributed by atoms with Gasteiger partial charge < -0.3 is 15.3 Å². The highest BCUT2D eigenvalue weighted by Crippen LogP contribution is 2.30. The van der Waals surface area contributed by atoms with E-state index < -0.39 is 0 Å². The number of nitrogens with one attached hydrogen (secondary N) is 1. The normalized spacial score (nSPS) is 13.1. The number of amides is 2. The van der Waals surface area contributed by atoms with Crippen LogP contribution in [0.15, 0.2) is 40.9 Å². The second kappa shape index (κ2) is 6.04. The number of phenolic OH excluding ortho intramolecular Hbond substituents is 1. The van der Waals surface area contributed by atoms with E-state index in [0.29, 0.717) is 17.7 Å². The number of fused-ring (bicyclic) bond motifs is 1. The molecule has 2 amide bonds. The van der Waals surface area contributed by atoms with Crippen molar-refractivity contribution in [1.29, 1.82) is 0 Å². The van der Waals surface area contributed by atoms with E-state index in [9.17, 15) is 14.7 Å². The van der Waals surface area contributed by atoms with Crippen LogP contribution < -0.4 is 10.2 Å². The highest BCUT2D eigenvalue weighted by molar-refractivity contribution is 9.10. The van der Waals surface area contributed by atoms with Gasteiger partial charge in [-0.1, -0.05) is 22.0 Å². The Labute approximate surface area is 142 Å². The maximum atomic E-state index is 12.1. The Hall–Kier alpha value is -2.34. The summed E-state index contributed by atoms with van der Waals surface area (Å²) >= 11 is 3.26. The quantitative estimate of drug-likeness (QED) is 0.867. The molecule has 2 aromatic carbocycles. The smallest absolute Gasteiger partial charge is 0.231 e. The van der Waals surface area contributed by atoms with Crippen molar-refractivity contribution in [2.45, 2.75) is 12.8 Å². The zero-order valence-corrected chi connectivity index (χ0v) is 14.1. The summed E-state index contributed by atoms with van der Waals surface area (Å²) < 4.78 is 0.756. The van der Waals surface area contributed by atoms with Gasteiger partial charge in [0.1, 0.15) is 5.75 Å². The summed E-state index contributed by atoms with van der Waals surface area (Å²) in [7, 11) is 1.74. The molecule has 23 heavy (non-hydrogen) atoms. The summed E-state index contributed by atoms with van der Waals surface area (Å²) in [5, 5.41) is 12.6. The molecule has 0 unspecified atom stereocenters. The lowest BCUT2D eigenvalue weighted by atomic mass is 10.1. The third-order valence-electron chi connectivity index (χ3n) is 3.84. The summed E-state index contributed by atoms with van der Waals surface area (Å²) in [5.74, 6) is -0.0980. The van der Waals surface area contributed by atoms with Gasteiger partial charge in [-0.2, -0.15) is 0 Å². The molecular formula is C17H15BrN2O3. The fourth-order valence-corrected chi connectivity index (χ4v) is 2.96. The third-order valence-corrected chi connectivity index (χ3v) is 4.33. The molecule has 118 valence electrons. The van der Waals surface area contributed by atoms with Gasteiger partial charge in [-0.3, -0.25) is 9.59 Å². The Balaban J connectivity index is 1.71. The van der Waals surface area contributed by atoms with Gasteiger partial charge >= 0.3 is 0 Å². The van der Waals surface area contributed by atoms with Gasteiger partial charge in [0.15, 0.2) is 0 Å². The molecule has 1 aliphatic heterocycles. The molecule has 0 bridgehead atoms. The highest BCUT2D eigenvalue weighted by Gasteiger charge is 2.24. The standard InChI is InChI=1S/C17H15BrN2O3/c1-20-14-5-4-13(6-11(14)8-17(20)23)19-16(22)7-10-2-3-12(18)9-15(10)21/h2-6,9,21H,7-8H2,1H3,(H,19,22). The van der Waals surface area contributed by atoms with Crippen molar-refractivity contribution in [3.63, 3.8) is 0 Å². The van der Waals surface area contributed by atoms with Crippen LogP contribution in [0, 0.1) is 0 Å². The van der Waals surface area contributed by atoms with Crippen molar-refractivity contribution in [2.75, 3.05) is 17.3 Å². The van der Waals surface area contributed by atoms with E-state index in [1.54, 1.807) is 36.2 Å². The summed E-state index contributed by atoms with van der Waals surface area (Å²) in [5.41, 5.74) is 2.98. The number of carbonyl (C=O) groups excluding carboxylic acids is 2. The Morgan fingerprint density at radius 1 is 1.30 bits per heavy atom. The molecule has 0 spiro atoms.